The third-order valence-corrected chi connectivity index (χ3v) is 6.01. The fourth-order valence-corrected chi connectivity index (χ4v) is 4.85. The van der Waals surface area contributed by atoms with Crippen LogP contribution in [0.4, 0.5) is 0 Å². The van der Waals surface area contributed by atoms with E-state index in [1.165, 1.54) is 25.7 Å². The SMILES string of the molecule is Cc1nc2cc(Cl)ccn2c1C(=O)NC(C)C1CC2CCC1C2. The molecule has 4 nitrogen and oxygen atoms in total. The molecule has 2 saturated carbocycles. The zero-order valence-electron chi connectivity index (χ0n) is 13.6. The molecule has 5 heteroatoms. The van der Waals surface area contributed by atoms with E-state index in [4.69, 9.17) is 11.6 Å². The second-order valence-corrected chi connectivity index (χ2v) is 7.66. The van der Waals surface area contributed by atoms with Crippen molar-refractivity contribution in [2.45, 2.75) is 45.6 Å². The molecule has 4 atom stereocenters. The number of halogens is 1. The van der Waals surface area contributed by atoms with Crippen molar-refractivity contribution < 1.29 is 4.79 Å². The highest BCUT2D eigenvalue weighted by molar-refractivity contribution is 6.30. The second kappa shape index (κ2) is 5.52. The maximum Gasteiger partial charge on any atom is 0.270 e. The van der Waals surface area contributed by atoms with E-state index in [0.29, 0.717) is 22.3 Å². The van der Waals surface area contributed by atoms with Crippen LogP contribution in [0.15, 0.2) is 18.3 Å². The van der Waals surface area contributed by atoms with Crippen LogP contribution in [-0.4, -0.2) is 21.3 Å². The van der Waals surface area contributed by atoms with Crippen LogP contribution in [0, 0.1) is 24.7 Å². The third-order valence-electron chi connectivity index (χ3n) is 5.77. The van der Waals surface area contributed by atoms with E-state index in [1.54, 1.807) is 12.1 Å². The zero-order valence-corrected chi connectivity index (χ0v) is 14.3. The summed E-state index contributed by atoms with van der Waals surface area (Å²) < 4.78 is 1.82. The van der Waals surface area contributed by atoms with Gasteiger partial charge in [0.1, 0.15) is 11.3 Å². The Morgan fingerprint density at radius 3 is 2.96 bits per heavy atom. The van der Waals surface area contributed by atoms with E-state index >= 15 is 0 Å². The van der Waals surface area contributed by atoms with Gasteiger partial charge in [0.2, 0.25) is 0 Å². The lowest BCUT2D eigenvalue weighted by molar-refractivity contribution is 0.0908. The molecule has 0 radical (unpaired) electrons. The number of carbonyl (C=O) groups excluding carboxylic acids is 1. The molecule has 2 aliphatic rings. The van der Waals surface area contributed by atoms with Crippen molar-refractivity contribution in [3.63, 3.8) is 0 Å². The van der Waals surface area contributed by atoms with Crippen LogP contribution < -0.4 is 5.32 Å². The fourth-order valence-electron chi connectivity index (χ4n) is 4.70. The predicted molar refractivity (Wildman–Crippen MR) is 90.8 cm³/mol. The molecular weight excluding hydrogens is 310 g/mol. The van der Waals surface area contributed by atoms with Crippen molar-refractivity contribution in [1.29, 1.82) is 0 Å². The number of carbonyl (C=O) groups is 1. The Morgan fingerprint density at radius 1 is 1.43 bits per heavy atom. The van der Waals surface area contributed by atoms with Gasteiger partial charge in [0, 0.05) is 23.3 Å². The first-order valence-electron chi connectivity index (χ1n) is 8.48. The number of hydrogen-bond acceptors (Lipinski definition) is 2. The lowest BCUT2D eigenvalue weighted by Crippen LogP contribution is -2.40. The molecule has 1 amide bonds. The average Bonchev–Trinajstić information content (AvgIpc) is 3.19. The number of fused-ring (bicyclic) bond motifs is 3. The number of pyridine rings is 1. The van der Waals surface area contributed by atoms with Gasteiger partial charge < -0.3 is 5.32 Å². The van der Waals surface area contributed by atoms with Gasteiger partial charge in [-0.05, 0) is 56.9 Å². The minimum Gasteiger partial charge on any atom is -0.348 e. The van der Waals surface area contributed by atoms with Crippen LogP contribution in [0.1, 0.15) is 48.8 Å². The highest BCUT2D eigenvalue weighted by Crippen LogP contribution is 2.49. The summed E-state index contributed by atoms with van der Waals surface area (Å²) in [4.78, 5) is 17.2. The van der Waals surface area contributed by atoms with Gasteiger partial charge in [-0.15, -0.1) is 0 Å². The van der Waals surface area contributed by atoms with Gasteiger partial charge in [0.15, 0.2) is 0 Å². The number of nitrogens with one attached hydrogen (secondary N) is 1. The van der Waals surface area contributed by atoms with Crippen molar-refractivity contribution in [2.75, 3.05) is 0 Å². The number of aryl methyl sites for hydroxylation is 1. The van der Waals surface area contributed by atoms with Gasteiger partial charge in [-0.25, -0.2) is 4.98 Å². The third kappa shape index (κ3) is 2.53. The summed E-state index contributed by atoms with van der Waals surface area (Å²) in [5.41, 5.74) is 2.07. The molecule has 2 aliphatic carbocycles. The molecule has 1 N–H and O–H groups in total. The fraction of sp³-hybridized carbons (Fsp3) is 0.556. The van der Waals surface area contributed by atoms with Crippen LogP contribution in [-0.2, 0) is 0 Å². The summed E-state index contributed by atoms with van der Waals surface area (Å²) in [5, 5.41) is 3.85. The van der Waals surface area contributed by atoms with Crippen molar-refractivity contribution in [3.8, 4) is 0 Å². The summed E-state index contributed by atoms with van der Waals surface area (Å²) in [7, 11) is 0. The zero-order chi connectivity index (χ0) is 16.1. The standard InChI is InChI=1S/C18H22ClN3O/c1-10(15-8-12-3-4-13(15)7-12)21-18(23)17-11(2)20-16-9-14(19)5-6-22(16)17/h5-6,9-10,12-13,15H,3-4,7-8H2,1-2H3,(H,21,23). The van der Waals surface area contributed by atoms with Gasteiger partial charge in [-0.1, -0.05) is 18.0 Å². The molecular formula is C18H22ClN3O. The molecule has 4 unspecified atom stereocenters. The summed E-state index contributed by atoms with van der Waals surface area (Å²) in [6.07, 6.45) is 7.16. The summed E-state index contributed by atoms with van der Waals surface area (Å²) in [5.74, 6) is 2.29. The Bertz CT molecular complexity index is 769. The van der Waals surface area contributed by atoms with Crippen LogP contribution in [0.25, 0.3) is 5.65 Å². The highest BCUT2D eigenvalue weighted by atomic mass is 35.5. The Balaban J connectivity index is 1.56. The number of nitrogens with zero attached hydrogens (tertiary/aromatic N) is 2. The van der Waals surface area contributed by atoms with E-state index in [1.807, 2.05) is 17.5 Å². The summed E-state index contributed by atoms with van der Waals surface area (Å²) >= 11 is 6.01. The second-order valence-electron chi connectivity index (χ2n) is 7.22. The number of hydrogen-bond donors (Lipinski definition) is 1. The van der Waals surface area contributed by atoms with E-state index in [-0.39, 0.29) is 11.9 Å². The van der Waals surface area contributed by atoms with E-state index in [9.17, 15) is 4.79 Å². The van der Waals surface area contributed by atoms with Crippen LogP contribution in [0.3, 0.4) is 0 Å². The first-order valence-corrected chi connectivity index (χ1v) is 8.86. The summed E-state index contributed by atoms with van der Waals surface area (Å²) in [6.45, 7) is 4.02. The van der Waals surface area contributed by atoms with Crippen molar-refractivity contribution in [1.82, 2.24) is 14.7 Å². The molecule has 0 aromatic carbocycles. The Hall–Kier alpha value is -1.55. The molecule has 0 spiro atoms. The predicted octanol–water partition coefficient (Wildman–Crippen LogP) is 3.85. The van der Waals surface area contributed by atoms with Crippen molar-refractivity contribution >= 4 is 23.2 Å². The van der Waals surface area contributed by atoms with Gasteiger partial charge in [-0.3, -0.25) is 9.20 Å². The number of amides is 1. The van der Waals surface area contributed by atoms with Gasteiger partial charge >= 0.3 is 0 Å². The average molecular weight is 332 g/mol. The van der Waals surface area contributed by atoms with Gasteiger partial charge in [0.05, 0.1) is 5.69 Å². The number of rotatable bonds is 3. The Labute approximate surface area is 141 Å². The van der Waals surface area contributed by atoms with Gasteiger partial charge in [0.25, 0.3) is 5.91 Å². The molecule has 2 bridgehead atoms. The first kappa shape index (κ1) is 15.0. The maximum absolute atomic E-state index is 12.8. The molecule has 23 heavy (non-hydrogen) atoms. The van der Waals surface area contributed by atoms with Crippen LogP contribution in [0.2, 0.25) is 5.02 Å². The lowest BCUT2D eigenvalue weighted by atomic mass is 9.84. The van der Waals surface area contributed by atoms with E-state index in [2.05, 4.69) is 17.2 Å². The van der Waals surface area contributed by atoms with E-state index < -0.39 is 0 Å². The molecule has 2 heterocycles. The Morgan fingerprint density at radius 2 is 2.26 bits per heavy atom. The van der Waals surface area contributed by atoms with Crippen molar-refractivity contribution in [2.24, 2.45) is 17.8 Å². The molecule has 2 aromatic heterocycles. The topological polar surface area (TPSA) is 46.4 Å². The minimum absolute atomic E-state index is 0.0346. The smallest absolute Gasteiger partial charge is 0.270 e. The lowest BCUT2D eigenvalue weighted by Gasteiger charge is -2.28. The molecule has 122 valence electrons. The molecule has 0 aliphatic heterocycles. The largest absolute Gasteiger partial charge is 0.348 e. The normalized spacial score (nSPS) is 27.5. The molecule has 4 rings (SSSR count). The quantitative estimate of drug-likeness (QED) is 0.928. The minimum atomic E-state index is -0.0346. The maximum atomic E-state index is 12.8. The Kier molecular flexibility index (Phi) is 3.60. The monoisotopic (exact) mass is 331 g/mol. The van der Waals surface area contributed by atoms with Crippen molar-refractivity contribution in [3.05, 3.63) is 34.7 Å². The van der Waals surface area contributed by atoms with Gasteiger partial charge in [-0.2, -0.15) is 0 Å². The first-order chi connectivity index (χ1) is 11.0. The molecule has 2 fully saturated rings. The summed E-state index contributed by atoms with van der Waals surface area (Å²) in [6, 6.07) is 3.78. The van der Waals surface area contributed by atoms with Crippen LogP contribution >= 0.6 is 11.6 Å². The molecule has 2 aromatic rings. The number of aromatic nitrogens is 2. The molecule has 0 saturated heterocycles. The highest BCUT2D eigenvalue weighted by Gasteiger charge is 2.42. The van der Waals surface area contributed by atoms with E-state index in [0.717, 1.165) is 17.5 Å². The van der Waals surface area contributed by atoms with Crippen LogP contribution in [0.5, 0.6) is 0 Å². The number of imidazole rings is 1.